The van der Waals surface area contributed by atoms with Crippen LogP contribution >= 0.6 is 22.6 Å². The normalized spacial score (nSPS) is 13.7. The number of anilines is 2. The molecule has 2 N–H and O–H groups in total. The Morgan fingerprint density at radius 2 is 1.76 bits per heavy atom. The molecule has 2 aromatic carbocycles. The van der Waals surface area contributed by atoms with Crippen LogP contribution in [-0.2, 0) is 4.79 Å². The number of hydrogen-bond donors (Lipinski definition) is 2. The van der Waals surface area contributed by atoms with Crippen molar-refractivity contribution in [2.75, 3.05) is 23.3 Å². The lowest BCUT2D eigenvalue weighted by atomic mass is 10.1. The first-order valence-corrected chi connectivity index (χ1v) is 10.3. The lowest BCUT2D eigenvalue weighted by Gasteiger charge is -2.29. The van der Waals surface area contributed by atoms with E-state index in [0.29, 0.717) is 0 Å². The highest BCUT2D eigenvalue weighted by atomic mass is 127. The summed E-state index contributed by atoms with van der Waals surface area (Å²) in [6, 6.07) is 9.80. The van der Waals surface area contributed by atoms with Crippen molar-refractivity contribution < 1.29 is 24.2 Å². The maximum absolute atomic E-state index is 13.0. The second kappa shape index (κ2) is 9.25. The molecular weight excluding hydrogens is 487 g/mol. The monoisotopic (exact) mass is 508 g/mol. The van der Waals surface area contributed by atoms with E-state index in [1.807, 2.05) is 28.7 Å². The number of halogens is 1. The molecule has 0 aliphatic carbocycles. The molecule has 1 aliphatic heterocycles. The molecule has 1 heterocycles. The highest BCUT2D eigenvalue weighted by Crippen LogP contribution is 2.29. The van der Waals surface area contributed by atoms with Crippen LogP contribution in [0.1, 0.15) is 46.9 Å². The Labute approximate surface area is 182 Å². The van der Waals surface area contributed by atoms with Gasteiger partial charge >= 0.3 is 11.9 Å². The number of aromatic carboxylic acids is 1. The summed E-state index contributed by atoms with van der Waals surface area (Å²) in [6.07, 6.45) is 3.34. The summed E-state index contributed by atoms with van der Waals surface area (Å²) in [5, 5.41) is 12.1. The number of nitrogens with zero attached hydrogens (tertiary/aromatic N) is 1. The highest BCUT2D eigenvalue weighted by molar-refractivity contribution is 14.1. The molecule has 0 bridgehead atoms. The molecule has 1 saturated heterocycles. The summed E-state index contributed by atoms with van der Waals surface area (Å²) in [5.41, 5.74) is 1.22. The number of esters is 1. The molecule has 1 aliphatic rings. The van der Waals surface area contributed by atoms with Gasteiger partial charge in [0.05, 0.1) is 16.8 Å². The van der Waals surface area contributed by atoms with Crippen LogP contribution in [0.2, 0.25) is 0 Å². The van der Waals surface area contributed by atoms with Gasteiger partial charge in [0.25, 0.3) is 5.91 Å². The van der Waals surface area contributed by atoms with Gasteiger partial charge in [0.15, 0.2) is 0 Å². The smallest absolute Gasteiger partial charge is 0.337 e. The van der Waals surface area contributed by atoms with Crippen LogP contribution in [0.3, 0.4) is 0 Å². The predicted molar refractivity (Wildman–Crippen MR) is 118 cm³/mol. The number of hydrogen-bond acceptors (Lipinski definition) is 5. The van der Waals surface area contributed by atoms with Gasteiger partial charge in [-0.05, 0) is 78.3 Å². The van der Waals surface area contributed by atoms with Crippen molar-refractivity contribution in [3.05, 3.63) is 51.1 Å². The molecule has 8 heteroatoms. The molecule has 7 nitrogen and oxygen atoms in total. The Hall–Kier alpha value is -2.62. The fourth-order valence-corrected chi connectivity index (χ4v) is 3.78. The zero-order valence-electron chi connectivity index (χ0n) is 15.9. The lowest BCUT2D eigenvalue weighted by molar-refractivity contribution is -0.131. The van der Waals surface area contributed by atoms with Crippen LogP contribution in [0, 0.1) is 3.57 Å². The minimum atomic E-state index is -1.14. The molecule has 0 radical (unpaired) electrons. The summed E-state index contributed by atoms with van der Waals surface area (Å²) >= 11 is 2.04. The largest absolute Gasteiger partial charge is 0.478 e. The molecule has 3 rings (SSSR count). The molecule has 1 fully saturated rings. The third-order valence-corrected chi connectivity index (χ3v) is 5.31. The van der Waals surface area contributed by atoms with E-state index in [0.717, 1.165) is 35.2 Å². The summed E-state index contributed by atoms with van der Waals surface area (Å²) in [5.74, 6) is -2.08. The summed E-state index contributed by atoms with van der Waals surface area (Å²) < 4.78 is 5.99. The van der Waals surface area contributed by atoms with Gasteiger partial charge in [-0.2, -0.15) is 0 Å². The molecule has 0 spiro atoms. The van der Waals surface area contributed by atoms with Gasteiger partial charge in [0.1, 0.15) is 5.75 Å². The number of carboxylic acid groups (broad SMARTS) is 1. The number of carbonyl (C=O) groups is 3. The number of amides is 1. The van der Waals surface area contributed by atoms with Crippen molar-refractivity contribution in [3.63, 3.8) is 0 Å². The Balaban J connectivity index is 1.96. The molecule has 2 aromatic rings. The minimum absolute atomic E-state index is 0.0139. The molecule has 152 valence electrons. The van der Waals surface area contributed by atoms with E-state index in [1.165, 1.54) is 19.4 Å². The van der Waals surface area contributed by atoms with Crippen molar-refractivity contribution in [3.8, 4) is 5.75 Å². The van der Waals surface area contributed by atoms with Crippen LogP contribution in [-0.4, -0.2) is 36.0 Å². The summed E-state index contributed by atoms with van der Waals surface area (Å²) in [7, 11) is 0. The van der Waals surface area contributed by atoms with E-state index in [-0.39, 0.29) is 22.6 Å². The Kier molecular flexibility index (Phi) is 6.73. The Morgan fingerprint density at radius 3 is 2.41 bits per heavy atom. The van der Waals surface area contributed by atoms with E-state index in [2.05, 4.69) is 10.2 Å². The molecule has 1 amide bonds. The lowest BCUT2D eigenvalue weighted by Crippen LogP contribution is -2.29. The van der Waals surface area contributed by atoms with Crippen LogP contribution in [0.4, 0.5) is 11.4 Å². The average molecular weight is 508 g/mol. The van der Waals surface area contributed by atoms with Crippen LogP contribution in [0.15, 0.2) is 36.4 Å². The van der Waals surface area contributed by atoms with Crippen molar-refractivity contribution in [1.82, 2.24) is 0 Å². The van der Waals surface area contributed by atoms with Gasteiger partial charge in [0.2, 0.25) is 0 Å². The second-order valence-electron chi connectivity index (χ2n) is 6.77. The maximum atomic E-state index is 13.0. The van der Waals surface area contributed by atoms with E-state index in [4.69, 9.17) is 4.74 Å². The number of piperidine rings is 1. The second-order valence-corrected chi connectivity index (χ2v) is 8.02. The summed E-state index contributed by atoms with van der Waals surface area (Å²) in [6.45, 7) is 3.06. The predicted octanol–water partition coefficient (Wildman–Crippen LogP) is 4.16. The number of rotatable bonds is 5. The van der Waals surface area contributed by atoms with Gasteiger partial charge in [0, 0.05) is 29.3 Å². The zero-order valence-corrected chi connectivity index (χ0v) is 18.1. The van der Waals surface area contributed by atoms with Crippen LogP contribution in [0.25, 0.3) is 0 Å². The Morgan fingerprint density at radius 1 is 1.03 bits per heavy atom. The van der Waals surface area contributed by atoms with Crippen molar-refractivity contribution in [2.45, 2.75) is 26.2 Å². The standard InChI is InChI=1S/C21H21IN2O5/c1-13(25)29-19-8-6-15(24-9-3-2-4-10-24)12-17(19)20(26)23-18-11-14(22)5-7-16(18)21(27)28/h5-8,11-12H,2-4,9-10H2,1H3,(H,23,26)(H,27,28). The zero-order chi connectivity index (χ0) is 21.0. The first-order chi connectivity index (χ1) is 13.8. The maximum Gasteiger partial charge on any atom is 0.337 e. The fraction of sp³-hybridized carbons (Fsp3) is 0.286. The molecular formula is C21H21IN2O5. The third kappa shape index (κ3) is 5.26. The fourth-order valence-electron chi connectivity index (χ4n) is 3.28. The molecule has 0 unspecified atom stereocenters. The average Bonchev–Trinajstić information content (AvgIpc) is 2.68. The quantitative estimate of drug-likeness (QED) is 0.358. The van der Waals surface area contributed by atoms with Gasteiger partial charge in [-0.25, -0.2) is 4.79 Å². The molecule has 0 aromatic heterocycles. The van der Waals surface area contributed by atoms with Crippen molar-refractivity contribution in [2.24, 2.45) is 0 Å². The Bertz CT molecular complexity index is 954. The van der Waals surface area contributed by atoms with Crippen molar-refractivity contribution in [1.29, 1.82) is 0 Å². The topological polar surface area (TPSA) is 95.9 Å². The van der Waals surface area contributed by atoms with Crippen LogP contribution in [0.5, 0.6) is 5.75 Å². The molecule has 0 atom stereocenters. The summed E-state index contributed by atoms with van der Waals surface area (Å²) in [4.78, 5) is 38.2. The van der Waals surface area contributed by atoms with E-state index >= 15 is 0 Å². The van der Waals surface area contributed by atoms with E-state index in [9.17, 15) is 19.5 Å². The number of ether oxygens (including phenoxy) is 1. The number of carbonyl (C=O) groups excluding carboxylic acids is 2. The van der Waals surface area contributed by atoms with Crippen LogP contribution < -0.4 is 15.0 Å². The van der Waals surface area contributed by atoms with Crippen molar-refractivity contribution >= 4 is 51.8 Å². The van der Waals surface area contributed by atoms with E-state index in [1.54, 1.807) is 24.3 Å². The SMILES string of the molecule is CC(=O)Oc1ccc(N2CCCCC2)cc1C(=O)Nc1cc(I)ccc1C(=O)O. The van der Waals surface area contributed by atoms with Gasteiger partial charge < -0.3 is 20.1 Å². The number of carboxylic acids is 1. The molecule has 0 saturated carbocycles. The van der Waals surface area contributed by atoms with Gasteiger partial charge in [-0.3, -0.25) is 9.59 Å². The number of nitrogens with one attached hydrogen (secondary N) is 1. The molecule has 29 heavy (non-hydrogen) atoms. The third-order valence-electron chi connectivity index (χ3n) is 4.64. The highest BCUT2D eigenvalue weighted by Gasteiger charge is 2.20. The minimum Gasteiger partial charge on any atom is -0.478 e. The first-order valence-electron chi connectivity index (χ1n) is 9.27. The van der Waals surface area contributed by atoms with Gasteiger partial charge in [-0.15, -0.1) is 0 Å². The van der Waals surface area contributed by atoms with E-state index < -0.39 is 17.8 Å². The van der Waals surface area contributed by atoms with Gasteiger partial charge in [-0.1, -0.05) is 0 Å². The number of benzene rings is 2. The first kappa shape index (κ1) is 21.1.